The molecule has 0 atom stereocenters. The van der Waals surface area contributed by atoms with Crippen molar-refractivity contribution in [3.63, 3.8) is 0 Å². The van der Waals surface area contributed by atoms with Crippen LogP contribution in [0.4, 0.5) is 25.0 Å². The number of amides is 2. The van der Waals surface area contributed by atoms with E-state index in [2.05, 4.69) is 44.6 Å². The van der Waals surface area contributed by atoms with Gasteiger partial charge in [0.15, 0.2) is 17.4 Å². The first-order valence-corrected chi connectivity index (χ1v) is 12.3. The molecule has 2 aromatic carbocycles. The molecule has 12 heteroatoms. The molecule has 2 N–H and O–H groups in total. The van der Waals surface area contributed by atoms with Crippen LogP contribution in [0.2, 0.25) is 5.02 Å². The average Bonchev–Trinajstić information content (AvgIpc) is 3.37. The molecule has 0 saturated heterocycles. The van der Waals surface area contributed by atoms with Gasteiger partial charge in [-0.15, -0.1) is 10.2 Å². The molecule has 4 aromatic rings. The molecule has 0 aliphatic heterocycles. The molecule has 0 aliphatic rings. The summed E-state index contributed by atoms with van der Waals surface area (Å²) in [6.45, 7) is 7.66. The molecule has 0 unspecified atom stereocenters. The van der Waals surface area contributed by atoms with Crippen LogP contribution in [-0.4, -0.2) is 50.3 Å². The summed E-state index contributed by atoms with van der Waals surface area (Å²) < 4.78 is 35.7. The summed E-state index contributed by atoms with van der Waals surface area (Å²) in [4.78, 5) is 18.9. The van der Waals surface area contributed by atoms with Crippen LogP contribution in [-0.2, 0) is 6.54 Å². The van der Waals surface area contributed by atoms with Gasteiger partial charge in [-0.2, -0.15) is 0 Å². The third-order valence-corrected chi connectivity index (χ3v) is 6.01. The predicted octanol–water partition coefficient (Wildman–Crippen LogP) is 6.05. The fourth-order valence-electron chi connectivity index (χ4n) is 3.66. The van der Waals surface area contributed by atoms with E-state index in [-0.39, 0.29) is 22.1 Å². The second-order valence-electron chi connectivity index (χ2n) is 8.21. The first kappa shape index (κ1) is 27.0. The quantitative estimate of drug-likeness (QED) is 0.254. The number of pyridine rings is 1. The van der Waals surface area contributed by atoms with Gasteiger partial charge in [-0.1, -0.05) is 25.4 Å². The summed E-state index contributed by atoms with van der Waals surface area (Å²) in [6, 6.07) is 10.4. The summed E-state index contributed by atoms with van der Waals surface area (Å²) in [6.07, 6.45) is 3.20. The molecule has 0 bridgehead atoms. The van der Waals surface area contributed by atoms with Gasteiger partial charge in [0.25, 0.3) is 0 Å². The Morgan fingerprint density at radius 2 is 1.76 bits per heavy atom. The molecular formula is C26H26ClF2N7O2. The normalized spacial score (nSPS) is 11.0. The topological polar surface area (TPSA) is 97.2 Å². The molecular weight excluding hydrogens is 516 g/mol. The number of nitrogens with zero attached hydrogens (tertiary/aromatic N) is 5. The lowest BCUT2D eigenvalue weighted by Gasteiger charge is -2.18. The molecule has 198 valence electrons. The van der Waals surface area contributed by atoms with E-state index in [0.717, 1.165) is 31.8 Å². The largest absolute Gasteiger partial charge is 0.454 e. The molecule has 9 nitrogen and oxygen atoms in total. The highest BCUT2D eigenvalue weighted by Gasteiger charge is 2.13. The van der Waals surface area contributed by atoms with Crippen LogP contribution in [0.3, 0.4) is 0 Å². The van der Waals surface area contributed by atoms with Crippen molar-refractivity contribution in [2.24, 2.45) is 0 Å². The number of rotatable bonds is 10. The minimum atomic E-state index is -0.687. The van der Waals surface area contributed by atoms with E-state index in [4.69, 9.17) is 16.3 Å². The number of nitrogens with one attached hydrogen (secondary N) is 2. The summed E-state index contributed by atoms with van der Waals surface area (Å²) >= 11 is 5.72. The van der Waals surface area contributed by atoms with Crippen LogP contribution < -0.4 is 15.4 Å². The van der Waals surface area contributed by atoms with E-state index in [1.807, 2.05) is 4.57 Å². The number of urea groups is 1. The lowest BCUT2D eigenvalue weighted by molar-refractivity contribution is 0.262. The van der Waals surface area contributed by atoms with Gasteiger partial charge >= 0.3 is 6.03 Å². The van der Waals surface area contributed by atoms with Crippen molar-refractivity contribution < 1.29 is 18.3 Å². The Morgan fingerprint density at radius 3 is 2.47 bits per heavy atom. The van der Waals surface area contributed by atoms with E-state index in [9.17, 15) is 13.6 Å². The second kappa shape index (κ2) is 12.4. The minimum absolute atomic E-state index is 0.0403. The number of hydrogen-bond acceptors (Lipinski definition) is 6. The van der Waals surface area contributed by atoms with Gasteiger partial charge in [0.05, 0.1) is 5.02 Å². The zero-order valence-corrected chi connectivity index (χ0v) is 21.5. The van der Waals surface area contributed by atoms with Crippen molar-refractivity contribution in [2.75, 3.05) is 30.3 Å². The third-order valence-electron chi connectivity index (χ3n) is 5.72. The van der Waals surface area contributed by atoms with Crippen LogP contribution in [0.5, 0.6) is 11.5 Å². The Balaban J connectivity index is 1.41. The molecule has 0 radical (unpaired) electrons. The Kier molecular flexibility index (Phi) is 8.82. The van der Waals surface area contributed by atoms with E-state index in [1.54, 1.807) is 24.7 Å². The van der Waals surface area contributed by atoms with Crippen molar-refractivity contribution in [1.29, 1.82) is 0 Å². The maximum Gasteiger partial charge on any atom is 0.323 e. The Bertz CT molecular complexity index is 1410. The number of anilines is 2. The van der Waals surface area contributed by atoms with Crippen molar-refractivity contribution >= 4 is 29.0 Å². The molecule has 0 aliphatic carbocycles. The predicted molar refractivity (Wildman–Crippen MR) is 142 cm³/mol. The van der Waals surface area contributed by atoms with Crippen molar-refractivity contribution in [3.05, 3.63) is 77.7 Å². The van der Waals surface area contributed by atoms with Gasteiger partial charge in [0.1, 0.15) is 23.6 Å². The van der Waals surface area contributed by atoms with Crippen LogP contribution in [0.25, 0.3) is 11.5 Å². The van der Waals surface area contributed by atoms with E-state index >= 15 is 0 Å². The molecule has 2 amide bonds. The van der Waals surface area contributed by atoms with Crippen LogP contribution in [0, 0.1) is 11.6 Å². The number of likely N-dealkylation sites (N-methyl/N-ethyl adjacent to an activating group) is 1. The highest BCUT2D eigenvalue weighted by atomic mass is 35.5. The Morgan fingerprint density at radius 1 is 1.03 bits per heavy atom. The maximum absolute atomic E-state index is 14.8. The first-order chi connectivity index (χ1) is 18.4. The number of aromatic nitrogens is 4. The van der Waals surface area contributed by atoms with Gasteiger partial charge in [-0.3, -0.25) is 4.98 Å². The van der Waals surface area contributed by atoms with Crippen LogP contribution in [0.1, 0.15) is 13.8 Å². The SMILES string of the molecule is CCN(CC)CCn1cnnc1-c1cc(Oc2ccc(NC(=O)Nc3ccc(F)c(Cl)c3)cc2F)ccn1. The molecule has 0 fully saturated rings. The lowest BCUT2D eigenvalue weighted by atomic mass is 10.2. The van der Waals surface area contributed by atoms with E-state index in [0.29, 0.717) is 23.8 Å². The summed E-state index contributed by atoms with van der Waals surface area (Å²) in [7, 11) is 0. The van der Waals surface area contributed by atoms with Gasteiger partial charge in [-0.25, -0.2) is 13.6 Å². The molecule has 2 aromatic heterocycles. The number of carbonyl (C=O) groups excluding carboxylic acids is 1. The molecule has 0 saturated carbocycles. The van der Waals surface area contributed by atoms with Crippen LogP contribution in [0.15, 0.2) is 61.1 Å². The Hall–Kier alpha value is -4.09. The van der Waals surface area contributed by atoms with E-state index in [1.165, 1.54) is 24.3 Å². The fourth-order valence-corrected chi connectivity index (χ4v) is 3.84. The number of benzene rings is 2. The first-order valence-electron chi connectivity index (χ1n) is 11.9. The number of hydrogen-bond donors (Lipinski definition) is 2. The highest BCUT2D eigenvalue weighted by molar-refractivity contribution is 6.31. The van der Waals surface area contributed by atoms with Crippen molar-refractivity contribution in [1.82, 2.24) is 24.6 Å². The van der Waals surface area contributed by atoms with Crippen molar-refractivity contribution in [3.8, 4) is 23.0 Å². The highest BCUT2D eigenvalue weighted by Crippen LogP contribution is 2.29. The van der Waals surface area contributed by atoms with Gasteiger partial charge in [0.2, 0.25) is 0 Å². The van der Waals surface area contributed by atoms with E-state index < -0.39 is 17.7 Å². The monoisotopic (exact) mass is 541 g/mol. The number of halogens is 3. The summed E-state index contributed by atoms with van der Waals surface area (Å²) in [5.41, 5.74) is 1.01. The third kappa shape index (κ3) is 6.81. The molecule has 0 spiro atoms. The number of ether oxygens (including phenoxy) is 1. The summed E-state index contributed by atoms with van der Waals surface area (Å²) in [5.74, 6) is -0.390. The van der Waals surface area contributed by atoms with Crippen LogP contribution >= 0.6 is 11.6 Å². The maximum atomic E-state index is 14.8. The zero-order chi connectivity index (χ0) is 27.1. The minimum Gasteiger partial charge on any atom is -0.454 e. The fraction of sp³-hybridized carbons (Fsp3) is 0.231. The molecule has 2 heterocycles. The van der Waals surface area contributed by atoms with Gasteiger partial charge in [0, 0.05) is 42.8 Å². The standard InChI is InChI=1S/C26H26ClF2N7O2/c1-3-35(4-2)11-12-36-16-31-34-25(36)23-15-19(9-10-30-23)38-24-8-6-18(14-22(24)29)33-26(37)32-17-5-7-21(28)20(27)13-17/h5-10,13-16H,3-4,11-12H2,1-2H3,(H2,32,33,37). The Labute approximate surface area is 223 Å². The molecule has 4 rings (SSSR count). The van der Waals surface area contributed by atoms with Gasteiger partial charge < -0.3 is 24.8 Å². The summed E-state index contributed by atoms with van der Waals surface area (Å²) in [5, 5.41) is 13.1. The number of carbonyl (C=O) groups is 1. The smallest absolute Gasteiger partial charge is 0.323 e. The average molecular weight is 542 g/mol. The van der Waals surface area contributed by atoms with Gasteiger partial charge in [-0.05, 0) is 49.5 Å². The zero-order valence-electron chi connectivity index (χ0n) is 20.8. The molecule has 38 heavy (non-hydrogen) atoms. The van der Waals surface area contributed by atoms with Crippen molar-refractivity contribution in [2.45, 2.75) is 20.4 Å². The lowest BCUT2D eigenvalue weighted by Crippen LogP contribution is -2.27. The second-order valence-corrected chi connectivity index (χ2v) is 8.61.